The summed E-state index contributed by atoms with van der Waals surface area (Å²) in [6, 6.07) is 0.280. The zero-order valence-electron chi connectivity index (χ0n) is 10.2. The summed E-state index contributed by atoms with van der Waals surface area (Å²) in [5.41, 5.74) is 0. The molecule has 0 bridgehead atoms. The van der Waals surface area contributed by atoms with Gasteiger partial charge in [0.2, 0.25) is 11.9 Å². The van der Waals surface area contributed by atoms with Crippen molar-refractivity contribution in [2.24, 2.45) is 0 Å². The molecule has 0 spiro atoms. The molecule has 2 heterocycles. The minimum atomic E-state index is 0.280. The largest absolute Gasteiger partial charge is 0.467 e. The number of hydrogen-bond acceptors (Lipinski definition) is 8. The summed E-state index contributed by atoms with van der Waals surface area (Å²) in [6.07, 6.45) is 1.76. The quantitative estimate of drug-likeness (QED) is 0.817. The fourth-order valence-electron chi connectivity index (χ4n) is 1.26. The Hall–Kier alpha value is -1.96. The second-order valence-electron chi connectivity index (χ2n) is 3.28. The molecule has 18 heavy (non-hydrogen) atoms. The number of nitrogens with one attached hydrogen (secondary N) is 2. The molecule has 0 saturated heterocycles. The molecule has 0 amide bonds. The number of thiazole rings is 1. The molecule has 0 unspecified atom stereocenters. The van der Waals surface area contributed by atoms with Crippen molar-refractivity contribution >= 4 is 23.2 Å². The molecule has 7 nitrogen and oxygen atoms in total. The van der Waals surface area contributed by atoms with Crippen molar-refractivity contribution < 1.29 is 4.74 Å². The summed E-state index contributed by atoms with van der Waals surface area (Å²) >= 11 is 1.57. The number of nitrogens with zero attached hydrogens (tertiary/aromatic N) is 4. The summed E-state index contributed by atoms with van der Waals surface area (Å²) in [7, 11) is 1.52. The smallest absolute Gasteiger partial charge is 0.322 e. The Kier molecular flexibility index (Phi) is 4.24. The van der Waals surface area contributed by atoms with Crippen LogP contribution in [0.2, 0.25) is 0 Å². The van der Waals surface area contributed by atoms with Crippen LogP contribution < -0.4 is 15.4 Å². The summed E-state index contributed by atoms with van der Waals surface area (Å²) in [5.74, 6) is 0.957. The van der Waals surface area contributed by atoms with Crippen LogP contribution in [0, 0.1) is 0 Å². The average Bonchev–Trinajstić information content (AvgIpc) is 2.89. The zero-order chi connectivity index (χ0) is 12.8. The van der Waals surface area contributed by atoms with Gasteiger partial charge in [0, 0.05) is 18.1 Å². The summed E-state index contributed by atoms with van der Waals surface area (Å²) in [4.78, 5) is 16.6. The lowest BCUT2D eigenvalue weighted by Crippen LogP contribution is -2.09. The highest BCUT2D eigenvalue weighted by Gasteiger charge is 2.06. The number of methoxy groups -OCH3 is 1. The van der Waals surface area contributed by atoms with Crippen molar-refractivity contribution in [1.82, 2.24) is 19.9 Å². The molecule has 2 N–H and O–H groups in total. The highest BCUT2D eigenvalue weighted by atomic mass is 32.1. The number of ether oxygens (including phenoxy) is 1. The first-order chi connectivity index (χ1) is 8.81. The third-order valence-electron chi connectivity index (χ3n) is 2.01. The summed E-state index contributed by atoms with van der Waals surface area (Å²) < 4.78 is 5.02. The van der Waals surface area contributed by atoms with E-state index in [4.69, 9.17) is 4.74 Å². The maximum atomic E-state index is 5.02. The van der Waals surface area contributed by atoms with E-state index in [-0.39, 0.29) is 6.01 Å². The number of hydrogen-bond donors (Lipinski definition) is 2. The lowest BCUT2D eigenvalue weighted by molar-refractivity contribution is 0.379. The molecule has 96 valence electrons. The van der Waals surface area contributed by atoms with E-state index in [0.717, 1.165) is 11.6 Å². The van der Waals surface area contributed by atoms with E-state index in [9.17, 15) is 0 Å². The van der Waals surface area contributed by atoms with E-state index < -0.39 is 0 Å². The van der Waals surface area contributed by atoms with E-state index in [1.54, 1.807) is 17.5 Å². The van der Waals surface area contributed by atoms with Crippen molar-refractivity contribution in [2.75, 3.05) is 24.3 Å². The van der Waals surface area contributed by atoms with Gasteiger partial charge >= 0.3 is 6.01 Å². The average molecular weight is 266 g/mol. The van der Waals surface area contributed by atoms with E-state index in [1.165, 1.54) is 7.11 Å². The Labute approximate surface area is 109 Å². The maximum absolute atomic E-state index is 5.02. The normalized spacial score (nSPS) is 10.1. The minimum Gasteiger partial charge on any atom is -0.467 e. The molecule has 0 atom stereocenters. The number of anilines is 2. The standard InChI is InChI=1S/C10H14N6OS/c1-3-11-8-14-9(16-10(15-8)17-2)13-6-7-12-4-5-18-7/h4-5H,3,6H2,1-2H3,(H2,11,13,14,15,16). The second-order valence-corrected chi connectivity index (χ2v) is 4.26. The molecule has 2 aromatic rings. The van der Waals surface area contributed by atoms with E-state index in [0.29, 0.717) is 18.4 Å². The Morgan fingerprint density at radius 1 is 1.22 bits per heavy atom. The predicted molar refractivity (Wildman–Crippen MR) is 70.0 cm³/mol. The van der Waals surface area contributed by atoms with Crippen LogP contribution in [-0.4, -0.2) is 33.6 Å². The molecule has 2 rings (SSSR count). The first kappa shape index (κ1) is 12.5. The van der Waals surface area contributed by atoms with Gasteiger partial charge in [-0.05, 0) is 6.92 Å². The fourth-order valence-corrected chi connectivity index (χ4v) is 1.81. The second kappa shape index (κ2) is 6.10. The Bertz CT molecular complexity index is 489. The molecule has 0 aliphatic heterocycles. The first-order valence-electron chi connectivity index (χ1n) is 5.48. The molecule has 2 aromatic heterocycles. The van der Waals surface area contributed by atoms with E-state index >= 15 is 0 Å². The SMILES string of the molecule is CCNc1nc(NCc2nccs2)nc(OC)n1. The van der Waals surface area contributed by atoms with Gasteiger partial charge in [-0.15, -0.1) is 11.3 Å². The highest BCUT2D eigenvalue weighted by Crippen LogP contribution is 2.12. The molecule has 0 aliphatic rings. The van der Waals surface area contributed by atoms with E-state index in [1.807, 2.05) is 12.3 Å². The van der Waals surface area contributed by atoms with Gasteiger partial charge in [0.05, 0.1) is 13.7 Å². The maximum Gasteiger partial charge on any atom is 0.322 e. The Balaban J connectivity index is 2.08. The van der Waals surface area contributed by atoms with Gasteiger partial charge in [-0.2, -0.15) is 15.0 Å². The van der Waals surface area contributed by atoms with Crippen LogP contribution in [0.5, 0.6) is 6.01 Å². The van der Waals surface area contributed by atoms with Crippen molar-refractivity contribution in [1.29, 1.82) is 0 Å². The summed E-state index contributed by atoms with van der Waals surface area (Å²) in [5, 5.41) is 9.00. The van der Waals surface area contributed by atoms with Crippen LogP contribution in [0.25, 0.3) is 0 Å². The van der Waals surface area contributed by atoms with Gasteiger partial charge in [-0.3, -0.25) is 0 Å². The topological polar surface area (TPSA) is 84.9 Å². The fraction of sp³-hybridized carbons (Fsp3) is 0.400. The molecule has 0 aliphatic carbocycles. The third kappa shape index (κ3) is 3.27. The van der Waals surface area contributed by atoms with Crippen LogP contribution >= 0.6 is 11.3 Å². The van der Waals surface area contributed by atoms with Crippen molar-refractivity contribution in [3.8, 4) is 6.01 Å². The third-order valence-corrected chi connectivity index (χ3v) is 2.79. The van der Waals surface area contributed by atoms with Gasteiger partial charge in [0.15, 0.2) is 0 Å². The molecule has 0 fully saturated rings. The number of aromatic nitrogens is 4. The van der Waals surface area contributed by atoms with Gasteiger partial charge in [-0.25, -0.2) is 4.98 Å². The molecule has 8 heteroatoms. The molecule has 0 saturated carbocycles. The molecular weight excluding hydrogens is 252 g/mol. The van der Waals surface area contributed by atoms with Crippen molar-refractivity contribution in [3.63, 3.8) is 0 Å². The van der Waals surface area contributed by atoms with Crippen LogP contribution in [0.1, 0.15) is 11.9 Å². The van der Waals surface area contributed by atoms with Crippen molar-refractivity contribution in [2.45, 2.75) is 13.5 Å². The van der Waals surface area contributed by atoms with Gasteiger partial charge < -0.3 is 15.4 Å². The molecule has 0 aromatic carbocycles. The Morgan fingerprint density at radius 3 is 2.61 bits per heavy atom. The zero-order valence-corrected chi connectivity index (χ0v) is 11.0. The van der Waals surface area contributed by atoms with E-state index in [2.05, 4.69) is 30.6 Å². The van der Waals surface area contributed by atoms with Crippen molar-refractivity contribution in [3.05, 3.63) is 16.6 Å². The Morgan fingerprint density at radius 2 is 2.00 bits per heavy atom. The van der Waals surface area contributed by atoms with Gasteiger partial charge in [0.1, 0.15) is 5.01 Å². The predicted octanol–water partition coefficient (Wildman–Crippen LogP) is 1.38. The number of rotatable bonds is 6. The van der Waals surface area contributed by atoms with Crippen LogP contribution in [-0.2, 0) is 6.54 Å². The lowest BCUT2D eigenvalue weighted by Gasteiger charge is -2.07. The molecular formula is C10H14N6OS. The van der Waals surface area contributed by atoms with Gasteiger partial charge in [-0.1, -0.05) is 0 Å². The summed E-state index contributed by atoms with van der Waals surface area (Å²) in [6.45, 7) is 3.29. The molecule has 0 radical (unpaired) electrons. The first-order valence-corrected chi connectivity index (χ1v) is 6.36. The van der Waals surface area contributed by atoms with Gasteiger partial charge in [0.25, 0.3) is 0 Å². The van der Waals surface area contributed by atoms with Crippen LogP contribution in [0.3, 0.4) is 0 Å². The lowest BCUT2D eigenvalue weighted by atomic mass is 10.6. The highest BCUT2D eigenvalue weighted by molar-refractivity contribution is 7.09. The van der Waals surface area contributed by atoms with Crippen LogP contribution in [0.15, 0.2) is 11.6 Å². The monoisotopic (exact) mass is 266 g/mol. The van der Waals surface area contributed by atoms with Crippen LogP contribution in [0.4, 0.5) is 11.9 Å². The minimum absolute atomic E-state index is 0.280.